The van der Waals surface area contributed by atoms with Crippen molar-refractivity contribution in [2.45, 2.75) is 13.8 Å². The summed E-state index contributed by atoms with van der Waals surface area (Å²) in [6.07, 6.45) is 0. The van der Waals surface area contributed by atoms with Gasteiger partial charge in [0.2, 0.25) is 0 Å². The molecule has 0 aromatic heterocycles. The molecule has 2 heteroatoms. The van der Waals surface area contributed by atoms with Crippen molar-refractivity contribution in [2.24, 2.45) is 0 Å². The quantitative estimate of drug-likeness (QED) is 0.732. The maximum absolute atomic E-state index is 3.28. The first-order valence-corrected chi connectivity index (χ1v) is 6.78. The Labute approximate surface area is 111 Å². The molecule has 1 aliphatic rings. The molecular formula is C16H22N2. The second kappa shape index (κ2) is 6.58. The summed E-state index contributed by atoms with van der Waals surface area (Å²) in [7, 11) is 0. The summed E-state index contributed by atoms with van der Waals surface area (Å²) in [4.78, 5) is 4.93. The van der Waals surface area contributed by atoms with Crippen LogP contribution in [0, 0.1) is 18.8 Å². The highest BCUT2D eigenvalue weighted by Crippen LogP contribution is 2.02. The van der Waals surface area contributed by atoms with Gasteiger partial charge in [0.15, 0.2) is 0 Å². The van der Waals surface area contributed by atoms with Gasteiger partial charge < -0.3 is 4.90 Å². The topological polar surface area (TPSA) is 6.48 Å². The minimum absolute atomic E-state index is 0.894. The van der Waals surface area contributed by atoms with E-state index in [0.29, 0.717) is 0 Å². The first-order valence-electron chi connectivity index (χ1n) is 6.78. The fourth-order valence-electron chi connectivity index (χ4n) is 2.15. The molecule has 0 spiro atoms. The maximum atomic E-state index is 3.28. The Kier molecular flexibility index (Phi) is 4.81. The Morgan fingerprint density at radius 3 is 2.22 bits per heavy atom. The maximum Gasteiger partial charge on any atom is 0.0606 e. The first-order chi connectivity index (χ1) is 8.78. The third kappa shape index (κ3) is 3.87. The fraction of sp³-hybridized carbons (Fsp3) is 0.500. The summed E-state index contributed by atoms with van der Waals surface area (Å²) < 4.78 is 0. The normalized spacial score (nSPS) is 17.2. The molecule has 1 aliphatic heterocycles. The molecule has 1 heterocycles. The predicted octanol–water partition coefficient (Wildman–Crippen LogP) is 1.98. The van der Waals surface area contributed by atoms with Crippen molar-refractivity contribution in [1.82, 2.24) is 9.80 Å². The number of rotatable bonds is 2. The SMILES string of the molecule is CCN1CCN(CC#Cc2ccc(C)cc2)CC1. The van der Waals surface area contributed by atoms with Crippen LogP contribution in [0.15, 0.2) is 24.3 Å². The molecule has 0 bridgehead atoms. The van der Waals surface area contributed by atoms with Crippen LogP contribution in [0.1, 0.15) is 18.1 Å². The number of nitrogens with zero attached hydrogens (tertiary/aromatic N) is 2. The van der Waals surface area contributed by atoms with Crippen LogP contribution in [0.3, 0.4) is 0 Å². The smallest absolute Gasteiger partial charge is 0.0606 e. The summed E-state index contributed by atoms with van der Waals surface area (Å²) in [6, 6.07) is 8.42. The molecule has 0 atom stereocenters. The van der Waals surface area contributed by atoms with E-state index in [9.17, 15) is 0 Å². The van der Waals surface area contributed by atoms with E-state index in [0.717, 1.165) is 25.2 Å². The molecule has 0 amide bonds. The molecule has 0 unspecified atom stereocenters. The summed E-state index contributed by atoms with van der Waals surface area (Å²) in [5.41, 5.74) is 2.41. The highest BCUT2D eigenvalue weighted by Gasteiger charge is 2.13. The van der Waals surface area contributed by atoms with Crippen LogP contribution >= 0.6 is 0 Å². The molecule has 0 aliphatic carbocycles. The number of likely N-dealkylation sites (N-methyl/N-ethyl adjacent to an activating group) is 1. The largest absolute Gasteiger partial charge is 0.301 e. The third-order valence-electron chi connectivity index (χ3n) is 3.50. The minimum Gasteiger partial charge on any atom is -0.301 e. The lowest BCUT2D eigenvalue weighted by atomic mass is 10.1. The molecule has 2 rings (SSSR count). The summed E-state index contributed by atoms with van der Waals surface area (Å²) in [6.45, 7) is 11.1. The number of aryl methyl sites for hydroxylation is 1. The van der Waals surface area contributed by atoms with Crippen LogP contribution in [0.4, 0.5) is 0 Å². The molecular weight excluding hydrogens is 220 g/mol. The molecule has 1 fully saturated rings. The van der Waals surface area contributed by atoms with Crippen LogP contribution in [0.25, 0.3) is 0 Å². The Bertz CT molecular complexity index is 417. The zero-order valence-electron chi connectivity index (χ0n) is 11.4. The van der Waals surface area contributed by atoms with Gasteiger partial charge in [0.25, 0.3) is 0 Å². The standard InChI is InChI=1S/C16H22N2/c1-3-17-11-13-18(14-12-17)10-4-5-16-8-6-15(2)7-9-16/h6-9H,3,10-14H2,1-2H3. The van der Waals surface area contributed by atoms with Gasteiger partial charge in [-0.3, -0.25) is 4.90 Å². The molecule has 1 saturated heterocycles. The molecule has 1 aromatic carbocycles. The summed E-state index contributed by atoms with van der Waals surface area (Å²) >= 11 is 0. The van der Waals surface area contributed by atoms with Crippen molar-refractivity contribution in [2.75, 3.05) is 39.3 Å². The Morgan fingerprint density at radius 1 is 1.00 bits per heavy atom. The zero-order chi connectivity index (χ0) is 12.8. The van der Waals surface area contributed by atoms with E-state index in [4.69, 9.17) is 0 Å². The van der Waals surface area contributed by atoms with E-state index >= 15 is 0 Å². The van der Waals surface area contributed by atoms with Crippen molar-refractivity contribution < 1.29 is 0 Å². The van der Waals surface area contributed by atoms with Gasteiger partial charge in [-0.25, -0.2) is 0 Å². The highest BCUT2D eigenvalue weighted by atomic mass is 15.2. The van der Waals surface area contributed by atoms with Crippen molar-refractivity contribution >= 4 is 0 Å². The third-order valence-corrected chi connectivity index (χ3v) is 3.50. The second-order valence-electron chi connectivity index (χ2n) is 4.88. The van der Waals surface area contributed by atoms with Gasteiger partial charge in [0.1, 0.15) is 0 Å². The van der Waals surface area contributed by atoms with Crippen LogP contribution in [0.2, 0.25) is 0 Å². The van der Waals surface area contributed by atoms with Gasteiger partial charge in [-0.05, 0) is 25.6 Å². The molecule has 0 N–H and O–H groups in total. The van der Waals surface area contributed by atoms with Crippen LogP contribution in [0.5, 0.6) is 0 Å². The Balaban J connectivity index is 1.80. The Morgan fingerprint density at radius 2 is 1.61 bits per heavy atom. The van der Waals surface area contributed by atoms with E-state index in [1.54, 1.807) is 0 Å². The van der Waals surface area contributed by atoms with E-state index in [2.05, 4.69) is 59.8 Å². The average molecular weight is 242 g/mol. The van der Waals surface area contributed by atoms with Crippen LogP contribution < -0.4 is 0 Å². The zero-order valence-corrected chi connectivity index (χ0v) is 11.4. The van der Waals surface area contributed by atoms with Crippen molar-refractivity contribution in [3.8, 4) is 11.8 Å². The lowest BCUT2D eigenvalue weighted by Gasteiger charge is -2.32. The van der Waals surface area contributed by atoms with E-state index in [1.807, 2.05) is 0 Å². The number of hydrogen-bond donors (Lipinski definition) is 0. The van der Waals surface area contributed by atoms with Crippen molar-refractivity contribution in [3.63, 3.8) is 0 Å². The summed E-state index contributed by atoms with van der Waals surface area (Å²) in [5.74, 6) is 6.52. The molecule has 96 valence electrons. The van der Waals surface area contributed by atoms with E-state index < -0.39 is 0 Å². The van der Waals surface area contributed by atoms with E-state index in [-0.39, 0.29) is 0 Å². The van der Waals surface area contributed by atoms with Gasteiger partial charge in [0.05, 0.1) is 6.54 Å². The molecule has 2 nitrogen and oxygen atoms in total. The minimum atomic E-state index is 0.894. The van der Waals surface area contributed by atoms with Crippen LogP contribution in [-0.4, -0.2) is 49.1 Å². The fourth-order valence-corrected chi connectivity index (χ4v) is 2.15. The molecule has 0 radical (unpaired) electrons. The van der Waals surface area contributed by atoms with Gasteiger partial charge in [-0.1, -0.05) is 36.5 Å². The lowest BCUT2D eigenvalue weighted by Crippen LogP contribution is -2.46. The Hall–Kier alpha value is -1.30. The van der Waals surface area contributed by atoms with Crippen molar-refractivity contribution in [3.05, 3.63) is 35.4 Å². The lowest BCUT2D eigenvalue weighted by molar-refractivity contribution is 0.150. The average Bonchev–Trinajstić information content (AvgIpc) is 2.42. The second-order valence-corrected chi connectivity index (χ2v) is 4.88. The monoisotopic (exact) mass is 242 g/mol. The van der Waals surface area contributed by atoms with Crippen LogP contribution in [-0.2, 0) is 0 Å². The summed E-state index contributed by atoms with van der Waals surface area (Å²) in [5, 5.41) is 0. The predicted molar refractivity (Wildman–Crippen MR) is 76.6 cm³/mol. The number of piperazine rings is 1. The number of benzene rings is 1. The molecule has 18 heavy (non-hydrogen) atoms. The van der Waals surface area contributed by atoms with Gasteiger partial charge in [-0.15, -0.1) is 0 Å². The number of hydrogen-bond acceptors (Lipinski definition) is 2. The van der Waals surface area contributed by atoms with Gasteiger partial charge in [0, 0.05) is 31.7 Å². The first kappa shape index (κ1) is 13.1. The molecule has 1 aromatic rings. The molecule has 0 saturated carbocycles. The van der Waals surface area contributed by atoms with Gasteiger partial charge in [-0.2, -0.15) is 0 Å². The van der Waals surface area contributed by atoms with E-state index in [1.165, 1.54) is 25.2 Å². The van der Waals surface area contributed by atoms with Gasteiger partial charge >= 0.3 is 0 Å². The van der Waals surface area contributed by atoms with Crippen molar-refractivity contribution in [1.29, 1.82) is 0 Å². The highest BCUT2D eigenvalue weighted by molar-refractivity contribution is 5.35.